The van der Waals surface area contributed by atoms with Crippen LogP contribution < -0.4 is 5.32 Å². The van der Waals surface area contributed by atoms with Crippen LogP contribution in [0, 0.1) is 5.82 Å². The molecule has 1 rings (SSSR count). The monoisotopic (exact) mass is 285 g/mol. The molecule has 0 aliphatic heterocycles. The Labute approximate surface area is 121 Å². The van der Waals surface area contributed by atoms with Crippen molar-refractivity contribution in [3.63, 3.8) is 0 Å². The molecule has 0 aromatic heterocycles. The Balaban J connectivity index is 3.21. The summed E-state index contributed by atoms with van der Waals surface area (Å²) in [4.78, 5) is 0. The van der Waals surface area contributed by atoms with Gasteiger partial charge in [-0.05, 0) is 31.0 Å². The van der Waals surface area contributed by atoms with Gasteiger partial charge >= 0.3 is 0 Å². The zero-order valence-corrected chi connectivity index (χ0v) is 13.0. The lowest BCUT2D eigenvalue weighted by Crippen LogP contribution is -2.39. The van der Waals surface area contributed by atoms with Crippen LogP contribution in [0.2, 0.25) is 5.02 Å². The molecule has 0 amide bonds. The van der Waals surface area contributed by atoms with Crippen molar-refractivity contribution in [2.45, 2.75) is 51.9 Å². The van der Waals surface area contributed by atoms with Gasteiger partial charge in [-0.2, -0.15) is 0 Å². The van der Waals surface area contributed by atoms with E-state index in [1.54, 1.807) is 6.07 Å². The number of nitrogens with one attached hydrogen (secondary N) is 1. The standard InChI is InChI=1S/C16H25ClFN/c1-4-10-16(11-5-2,12-19-6-3)13-8-7-9-14(17)15(13)18/h7-9,19H,4-6,10-12H2,1-3H3. The minimum atomic E-state index is -0.246. The van der Waals surface area contributed by atoms with Crippen molar-refractivity contribution in [2.75, 3.05) is 13.1 Å². The largest absolute Gasteiger partial charge is 0.316 e. The number of rotatable bonds is 8. The molecule has 0 atom stereocenters. The third-order valence-electron chi connectivity index (χ3n) is 3.69. The van der Waals surface area contributed by atoms with Gasteiger partial charge in [0.05, 0.1) is 5.02 Å². The molecule has 1 N–H and O–H groups in total. The second-order valence-corrected chi connectivity index (χ2v) is 5.57. The van der Waals surface area contributed by atoms with Crippen molar-refractivity contribution in [3.05, 3.63) is 34.6 Å². The normalized spacial score (nSPS) is 11.8. The van der Waals surface area contributed by atoms with E-state index in [0.717, 1.165) is 44.3 Å². The van der Waals surface area contributed by atoms with Gasteiger partial charge in [-0.1, -0.05) is 57.3 Å². The number of hydrogen-bond acceptors (Lipinski definition) is 1. The molecule has 19 heavy (non-hydrogen) atoms. The molecule has 0 radical (unpaired) electrons. The van der Waals surface area contributed by atoms with Gasteiger partial charge in [-0.15, -0.1) is 0 Å². The number of benzene rings is 1. The third kappa shape index (κ3) is 3.93. The van der Waals surface area contributed by atoms with Gasteiger partial charge in [0, 0.05) is 12.0 Å². The zero-order valence-electron chi connectivity index (χ0n) is 12.2. The summed E-state index contributed by atoms with van der Waals surface area (Å²) in [6.07, 6.45) is 4.03. The summed E-state index contributed by atoms with van der Waals surface area (Å²) in [5.74, 6) is -0.246. The highest BCUT2D eigenvalue weighted by Gasteiger charge is 2.33. The molecule has 3 heteroatoms. The second kappa shape index (κ2) is 7.86. The molecule has 0 spiro atoms. The van der Waals surface area contributed by atoms with Crippen LogP contribution in [0.1, 0.15) is 52.0 Å². The van der Waals surface area contributed by atoms with E-state index in [1.165, 1.54) is 0 Å². The highest BCUT2D eigenvalue weighted by Crippen LogP contribution is 2.37. The molecule has 0 saturated heterocycles. The summed E-state index contributed by atoms with van der Waals surface area (Å²) >= 11 is 5.96. The van der Waals surface area contributed by atoms with E-state index in [2.05, 4.69) is 26.1 Å². The molecule has 0 heterocycles. The molecule has 0 unspecified atom stereocenters. The number of hydrogen-bond donors (Lipinski definition) is 1. The molecule has 0 aliphatic carbocycles. The Bertz CT molecular complexity index is 386. The Hall–Kier alpha value is -0.600. The first kappa shape index (κ1) is 16.5. The van der Waals surface area contributed by atoms with Gasteiger partial charge in [0.15, 0.2) is 0 Å². The van der Waals surface area contributed by atoms with Gasteiger partial charge in [0.2, 0.25) is 0 Å². The smallest absolute Gasteiger partial charge is 0.145 e. The molecule has 1 aromatic rings. The molecule has 0 saturated carbocycles. The average Bonchev–Trinajstić information content (AvgIpc) is 2.40. The lowest BCUT2D eigenvalue weighted by Gasteiger charge is -2.35. The van der Waals surface area contributed by atoms with E-state index in [4.69, 9.17) is 11.6 Å². The quantitative estimate of drug-likeness (QED) is 0.714. The SMILES string of the molecule is CCCC(CCC)(CNCC)c1cccc(Cl)c1F. The molecule has 1 nitrogen and oxygen atoms in total. The van der Waals surface area contributed by atoms with Crippen molar-refractivity contribution < 1.29 is 4.39 Å². The molecular weight excluding hydrogens is 261 g/mol. The lowest BCUT2D eigenvalue weighted by atomic mass is 9.73. The number of likely N-dealkylation sites (N-methyl/N-ethyl adjacent to an activating group) is 1. The predicted molar refractivity (Wildman–Crippen MR) is 81.4 cm³/mol. The summed E-state index contributed by atoms with van der Waals surface area (Å²) in [7, 11) is 0. The van der Waals surface area contributed by atoms with E-state index < -0.39 is 0 Å². The van der Waals surface area contributed by atoms with E-state index in [-0.39, 0.29) is 16.3 Å². The van der Waals surface area contributed by atoms with Crippen LogP contribution in [0.5, 0.6) is 0 Å². The van der Waals surface area contributed by atoms with E-state index in [1.807, 2.05) is 12.1 Å². The Morgan fingerprint density at radius 2 is 1.79 bits per heavy atom. The predicted octanol–water partition coefficient (Wildman–Crippen LogP) is 4.93. The maximum Gasteiger partial charge on any atom is 0.145 e. The molecule has 0 fully saturated rings. The Morgan fingerprint density at radius 3 is 2.32 bits per heavy atom. The van der Waals surface area contributed by atoms with E-state index in [9.17, 15) is 4.39 Å². The highest BCUT2D eigenvalue weighted by atomic mass is 35.5. The minimum Gasteiger partial charge on any atom is -0.316 e. The van der Waals surface area contributed by atoms with E-state index in [0.29, 0.717) is 0 Å². The Morgan fingerprint density at radius 1 is 1.16 bits per heavy atom. The molecule has 108 valence electrons. The fourth-order valence-corrected chi connectivity index (χ4v) is 3.08. The van der Waals surface area contributed by atoms with Gasteiger partial charge in [-0.3, -0.25) is 0 Å². The van der Waals surface area contributed by atoms with Crippen molar-refractivity contribution in [1.29, 1.82) is 0 Å². The van der Waals surface area contributed by atoms with Crippen LogP contribution in [0.25, 0.3) is 0 Å². The summed E-state index contributed by atoms with van der Waals surface area (Å²) in [6.45, 7) is 8.09. The first-order valence-electron chi connectivity index (χ1n) is 7.26. The molecule has 0 bridgehead atoms. The first-order chi connectivity index (χ1) is 9.11. The summed E-state index contributed by atoms with van der Waals surface area (Å²) in [5.41, 5.74) is 0.624. The van der Waals surface area contributed by atoms with Crippen LogP contribution in [0.15, 0.2) is 18.2 Å². The fourth-order valence-electron chi connectivity index (χ4n) is 2.90. The van der Waals surface area contributed by atoms with Crippen LogP contribution in [0.4, 0.5) is 4.39 Å². The van der Waals surface area contributed by atoms with Crippen molar-refractivity contribution in [1.82, 2.24) is 5.32 Å². The summed E-state index contributed by atoms with van der Waals surface area (Å²) in [6, 6.07) is 5.37. The van der Waals surface area contributed by atoms with E-state index >= 15 is 0 Å². The summed E-state index contributed by atoms with van der Waals surface area (Å²) < 4.78 is 14.4. The average molecular weight is 286 g/mol. The van der Waals surface area contributed by atoms with Crippen molar-refractivity contribution in [2.24, 2.45) is 0 Å². The van der Waals surface area contributed by atoms with Crippen molar-refractivity contribution in [3.8, 4) is 0 Å². The zero-order chi connectivity index (χ0) is 14.3. The summed E-state index contributed by atoms with van der Waals surface area (Å²) in [5, 5.41) is 3.62. The van der Waals surface area contributed by atoms with Gasteiger partial charge < -0.3 is 5.32 Å². The fraction of sp³-hybridized carbons (Fsp3) is 0.625. The highest BCUT2D eigenvalue weighted by molar-refractivity contribution is 6.30. The Kier molecular flexibility index (Phi) is 6.81. The van der Waals surface area contributed by atoms with Crippen LogP contribution in [0.3, 0.4) is 0 Å². The lowest BCUT2D eigenvalue weighted by molar-refractivity contribution is 0.326. The topological polar surface area (TPSA) is 12.0 Å². The second-order valence-electron chi connectivity index (χ2n) is 5.16. The molecular formula is C16H25ClFN. The van der Waals surface area contributed by atoms with Crippen LogP contribution in [-0.4, -0.2) is 13.1 Å². The van der Waals surface area contributed by atoms with Crippen molar-refractivity contribution >= 4 is 11.6 Å². The van der Waals surface area contributed by atoms with Crippen LogP contribution in [-0.2, 0) is 5.41 Å². The maximum absolute atomic E-state index is 14.4. The van der Waals surface area contributed by atoms with Crippen LogP contribution >= 0.6 is 11.6 Å². The van der Waals surface area contributed by atoms with Gasteiger partial charge in [0.25, 0.3) is 0 Å². The molecule has 0 aliphatic rings. The molecule has 1 aromatic carbocycles. The minimum absolute atomic E-state index is 0.144. The number of halogens is 2. The maximum atomic E-state index is 14.4. The first-order valence-corrected chi connectivity index (χ1v) is 7.64. The van der Waals surface area contributed by atoms with Gasteiger partial charge in [0.1, 0.15) is 5.82 Å². The third-order valence-corrected chi connectivity index (χ3v) is 3.99. The van der Waals surface area contributed by atoms with Gasteiger partial charge in [-0.25, -0.2) is 4.39 Å².